The van der Waals surface area contributed by atoms with Crippen LogP contribution in [0.3, 0.4) is 0 Å². The van der Waals surface area contributed by atoms with Crippen molar-refractivity contribution in [3.8, 4) is 6.07 Å². The molecule has 0 spiro atoms. The van der Waals surface area contributed by atoms with Gasteiger partial charge in [-0.25, -0.2) is 0 Å². The van der Waals surface area contributed by atoms with Crippen molar-refractivity contribution in [2.45, 2.75) is 0 Å². The number of benzene rings is 1. The van der Waals surface area contributed by atoms with Gasteiger partial charge in [-0.3, -0.25) is 4.79 Å². The van der Waals surface area contributed by atoms with Gasteiger partial charge in [-0.1, -0.05) is 15.9 Å². The summed E-state index contributed by atoms with van der Waals surface area (Å²) in [5.74, 6) is -0.214. The molecule has 0 saturated heterocycles. The van der Waals surface area contributed by atoms with E-state index in [0.717, 1.165) is 14.6 Å². The van der Waals surface area contributed by atoms with Gasteiger partial charge in [-0.2, -0.15) is 5.26 Å². The Morgan fingerprint density at radius 2 is 2.19 bits per heavy atom. The molecule has 0 heterocycles. The summed E-state index contributed by atoms with van der Waals surface area (Å²) < 4.78 is 1.81. The van der Waals surface area contributed by atoms with Gasteiger partial charge in [0.05, 0.1) is 12.6 Å². The highest BCUT2D eigenvalue weighted by atomic mass is 79.9. The molecule has 16 heavy (non-hydrogen) atoms. The largest absolute Gasteiger partial charge is 0.375 e. The molecule has 0 bridgehead atoms. The Morgan fingerprint density at radius 3 is 2.88 bits per heavy atom. The Morgan fingerprint density at radius 1 is 1.44 bits per heavy atom. The van der Waals surface area contributed by atoms with Crippen LogP contribution < -0.4 is 10.6 Å². The molecule has 0 aromatic heterocycles. The lowest BCUT2D eigenvalue weighted by Crippen LogP contribution is -2.30. The van der Waals surface area contributed by atoms with Gasteiger partial charge in [0.1, 0.15) is 6.54 Å². The molecular formula is C10H9Br2N3O. The fraction of sp³-hybridized carbons (Fsp3) is 0.200. The zero-order chi connectivity index (χ0) is 12.0. The molecule has 1 aromatic rings. The summed E-state index contributed by atoms with van der Waals surface area (Å²) in [6.45, 7) is 0.164. The number of carbonyl (C=O) groups is 1. The average molecular weight is 347 g/mol. The van der Waals surface area contributed by atoms with Crippen molar-refractivity contribution < 1.29 is 4.79 Å². The standard InChI is InChI=1S/C10H9Br2N3O/c11-7-1-2-8(12)9(5-7)15-6-10(16)14-4-3-13/h1-2,5,15H,4,6H2,(H,14,16). The van der Waals surface area contributed by atoms with Crippen molar-refractivity contribution in [2.75, 3.05) is 18.4 Å². The van der Waals surface area contributed by atoms with E-state index < -0.39 is 0 Å². The number of hydrogen-bond donors (Lipinski definition) is 2. The zero-order valence-electron chi connectivity index (χ0n) is 8.26. The second-order valence-corrected chi connectivity index (χ2v) is 4.68. The van der Waals surface area contributed by atoms with Crippen LogP contribution in [0.5, 0.6) is 0 Å². The zero-order valence-corrected chi connectivity index (χ0v) is 11.4. The van der Waals surface area contributed by atoms with E-state index >= 15 is 0 Å². The number of nitriles is 1. The Hall–Kier alpha value is -1.06. The topological polar surface area (TPSA) is 64.9 Å². The molecule has 0 atom stereocenters. The Balaban J connectivity index is 2.51. The smallest absolute Gasteiger partial charge is 0.240 e. The molecular weight excluding hydrogens is 338 g/mol. The van der Waals surface area contributed by atoms with Crippen LogP contribution in [-0.4, -0.2) is 19.0 Å². The molecule has 1 rings (SSSR count). The van der Waals surface area contributed by atoms with Gasteiger partial charge in [0.25, 0.3) is 0 Å². The van der Waals surface area contributed by atoms with Crippen molar-refractivity contribution in [1.29, 1.82) is 5.26 Å². The normalized spacial score (nSPS) is 9.31. The minimum Gasteiger partial charge on any atom is -0.375 e. The summed E-state index contributed by atoms with van der Waals surface area (Å²) in [7, 11) is 0. The van der Waals surface area contributed by atoms with Crippen molar-refractivity contribution >= 4 is 43.5 Å². The first-order chi connectivity index (χ1) is 7.63. The summed E-state index contributed by atoms with van der Waals surface area (Å²) in [4.78, 5) is 11.2. The van der Waals surface area contributed by atoms with Crippen molar-refractivity contribution in [3.05, 3.63) is 27.1 Å². The molecule has 0 aliphatic rings. The summed E-state index contributed by atoms with van der Waals surface area (Å²) in [5, 5.41) is 13.7. The predicted octanol–water partition coefficient (Wildman–Crippen LogP) is 2.26. The third kappa shape index (κ3) is 4.21. The van der Waals surface area contributed by atoms with Crippen LogP contribution in [0.25, 0.3) is 0 Å². The van der Waals surface area contributed by atoms with Crippen LogP contribution in [0, 0.1) is 11.3 Å². The monoisotopic (exact) mass is 345 g/mol. The van der Waals surface area contributed by atoms with E-state index in [9.17, 15) is 4.79 Å². The van der Waals surface area contributed by atoms with Crippen LogP contribution in [0.4, 0.5) is 5.69 Å². The highest BCUT2D eigenvalue weighted by Gasteiger charge is 2.03. The SMILES string of the molecule is N#CCNC(=O)CNc1cc(Br)ccc1Br. The van der Waals surface area contributed by atoms with Gasteiger partial charge >= 0.3 is 0 Å². The second kappa shape index (κ2) is 6.51. The lowest BCUT2D eigenvalue weighted by Gasteiger charge is -2.08. The van der Waals surface area contributed by atoms with E-state index in [0.29, 0.717) is 0 Å². The Kier molecular flexibility index (Phi) is 5.29. The molecule has 2 N–H and O–H groups in total. The van der Waals surface area contributed by atoms with Gasteiger partial charge in [-0.15, -0.1) is 0 Å². The fourth-order valence-electron chi connectivity index (χ4n) is 1.01. The molecule has 0 radical (unpaired) electrons. The number of nitrogens with zero attached hydrogens (tertiary/aromatic N) is 1. The number of amides is 1. The van der Waals surface area contributed by atoms with Crippen molar-refractivity contribution in [2.24, 2.45) is 0 Å². The minimum atomic E-state index is -0.214. The molecule has 0 saturated carbocycles. The van der Waals surface area contributed by atoms with E-state index in [2.05, 4.69) is 42.5 Å². The summed E-state index contributed by atoms with van der Waals surface area (Å²) in [5.41, 5.74) is 0.821. The maximum Gasteiger partial charge on any atom is 0.240 e. The highest BCUT2D eigenvalue weighted by molar-refractivity contribution is 9.11. The second-order valence-electron chi connectivity index (χ2n) is 2.91. The number of nitrogens with one attached hydrogen (secondary N) is 2. The molecule has 1 aromatic carbocycles. The number of halogens is 2. The molecule has 0 aliphatic carbocycles. The molecule has 4 nitrogen and oxygen atoms in total. The number of hydrogen-bond acceptors (Lipinski definition) is 3. The highest BCUT2D eigenvalue weighted by Crippen LogP contribution is 2.25. The third-order valence-corrected chi connectivity index (χ3v) is 2.92. The first-order valence-corrected chi connectivity index (χ1v) is 6.04. The van der Waals surface area contributed by atoms with E-state index in [1.807, 2.05) is 24.3 Å². The number of rotatable bonds is 4. The Bertz CT molecular complexity index is 429. The van der Waals surface area contributed by atoms with Gasteiger partial charge < -0.3 is 10.6 Å². The van der Waals surface area contributed by atoms with Crippen molar-refractivity contribution in [3.63, 3.8) is 0 Å². The molecule has 6 heteroatoms. The summed E-state index contributed by atoms with van der Waals surface area (Å²) in [6, 6.07) is 7.47. The summed E-state index contributed by atoms with van der Waals surface area (Å²) >= 11 is 6.71. The number of anilines is 1. The lowest BCUT2D eigenvalue weighted by atomic mass is 10.3. The van der Waals surface area contributed by atoms with Gasteiger partial charge in [-0.05, 0) is 34.1 Å². The van der Waals surface area contributed by atoms with Crippen LogP contribution in [0.1, 0.15) is 0 Å². The van der Waals surface area contributed by atoms with Crippen molar-refractivity contribution in [1.82, 2.24) is 5.32 Å². The fourth-order valence-corrected chi connectivity index (χ4v) is 1.76. The van der Waals surface area contributed by atoms with E-state index in [1.54, 1.807) is 0 Å². The molecule has 84 valence electrons. The quantitative estimate of drug-likeness (QED) is 0.822. The van der Waals surface area contributed by atoms with Crippen LogP contribution in [-0.2, 0) is 4.79 Å². The first-order valence-electron chi connectivity index (χ1n) is 4.46. The minimum absolute atomic E-state index is 0.0279. The third-order valence-electron chi connectivity index (χ3n) is 1.73. The average Bonchev–Trinajstić information content (AvgIpc) is 2.27. The predicted molar refractivity (Wildman–Crippen MR) is 69.0 cm³/mol. The van der Waals surface area contributed by atoms with E-state index in [4.69, 9.17) is 5.26 Å². The van der Waals surface area contributed by atoms with Crippen LogP contribution >= 0.6 is 31.9 Å². The Labute approximate surface area is 110 Å². The molecule has 1 amide bonds. The maximum absolute atomic E-state index is 11.2. The van der Waals surface area contributed by atoms with Gasteiger partial charge in [0.2, 0.25) is 5.91 Å². The van der Waals surface area contributed by atoms with Gasteiger partial charge in [0, 0.05) is 14.6 Å². The number of carbonyl (C=O) groups excluding carboxylic acids is 1. The molecule has 0 unspecified atom stereocenters. The van der Waals surface area contributed by atoms with Crippen LogP contribution in [0.2, 0.25) is 0 Å². The first kappa shape index (κ1) is 13.0. The maximum atomic E-state index is 11.2. The molecule has 0 fully saturated rings. The van der Waals surface area contributed by atoms with E-state index in [1.165, 1.54) is 0 Å². The summed E-state index contributed by atoms with van der Waals surface area (Å²) in [6.07, 6.45) is 0. The van der Waals surface area contributed by atoms with E-state index in [-0.39, 0.29) is 19.0 Å². The van der Waals surface area contributed by atoms with Gasteiger partial charge in [0.15, 0.2) is 0 Å². The molecule has 0 aliphatic heterocycles. The van der Waals surface area contributed by atoms with Crippen LogP contribution in [0.15, 0.2) is 27.1 Å². The lowest BCUT2D eigenvalue weighted by molar-refractivity contribution is -0.119.